The van der Waals surface area contributed by atoms with Gasteiger partial charge in [-0.1, -0.05) is 51.5 Å². The summed E-state index contributed by atoms with van der Waals surface area (Å²) in [5.74, 6) is 1.49. The molecule has 0 aromatic heterocycles. The molecule has 0 bridgehead atoms. The predicted octanol–water partition coefficient (Wildman–Crippen LogP) is 4.30. The Labute approximate surface area is 88.4 Å². The van der Waals surface area contributed by atoms with E-state index in [4.69, 9.17) is 0 Å². The third-order valence-corrected chi connectivity index (χ3v) is 2.29. The Balaban J connectivity index is 2.75. The van der Waals surface area contributed by atoms with Crippen LogP contribution in [0.2, 0.25) is 0 Å². The lowest BCUT2D eigenvalue weighted by Gasteiger charge is -2.14. The molecule has 1 aliphatic rings. The van der Waals surface area contributed by atoms with E-state index in [2.05, 4.69) is 45.9 Å². The van der Waals surface area contributed by atoms with Crippen LogP contribution in [0.3, 0.4) is 0 Å². The van der Waals surface area contributed by atoms with E-state index in [1.54, 1.807) is 5.57 Å². The molecule has 0 spiro atoms. The van der Waals surface area contributed by atoms with E-state index in [0.717, 1.165) is 11.8 Å². The fraction of sp³-hybridized carbons (Fsp3) is 0.571. The second kappa shape index (κ2) is 5.19. The number of allylic oxidation sites excluding steroid dienone is 6. The van der Waals surface area contributed by atoms with Gasteiger partial charge < -0.3 is 0 Å². The van der Waals surface area contributed by atoms with Crippen LogP contribution in [0, 0.1) is 17.9 Å². The zero-order valence-corrected chi connectivity index (χ0v) is 9.80. The van der Waals surface area contributed by atoms with Gasteiger partial charge >= 0.3 is 0 Å². The molecular formula is C14H21. The molecule has 0 heteroatoms. The molecule has 0 atom stereocenters. The average Bonchev–Trinajstić information content (AvgIpc) is 2.52. The molecular weight excluding hydrogens is 168 g/mol. The number of hydrogen-bond acceptors (Lipinski definition) is 0. The van der Waals surface area contributed by atoms with Gasteiger partial charge in [-0.15, -0.1) is 0 Å². The van der Waals surface area contributed by atoms with Crippen LogP contribution < -0.4 is 0 Å². The van der Waals surface area contributed by atoms with Crippen LogP contribution in [0.1, 0.15) is 40.5 Å². The maximum Gasteiger partial charge on any atom is -0.0106 e. The molecule has 0 amide bonds. The van der Waals surface area contributed by atoms with Crippen molar-refractivity contribution in [2.45, 2.75) is 40.5 Å². The van der Waals surface area contributed by atoms with Crippen molar-refractivity contribution in [2.75, 3.05) is 0 Å². The fourth-order valence-electron chi connectivity index (χ4n) is 1.84. The summed E-state index contributed by atoms with van der Waals surface area (Å²) in [7, 11) is 0. The Kier molecular flexibility index (Phi) is 4.19. The van der Waals surface area contributed by atoms with E-state index in [1.165, 1.54) is 18.4 Å². The highest BCUT2D eigenvalue weighted by atomic mass is 14.1. The highest BCUT2D eigenvalue weighted by Crippen LogP contribution is 2.25. The fourth-order valence-corrected chi connectivity index (χ4v) is 1.84. The largest absolute Gasteiger partial charge is 0.0625 e. The predicted molar refractivity (Wildman–Crippen MR) is 62.9 cm³/mol. The van der Waals surface area contributed by atoms with Crippen molar-refractivity contribution in [2.24, 2.45) is 11.8 Å². The Bertz CT molecular complexity index is 236. The van der Waals surface area contributed by atoms with Gasteiger partial charge in [0.05, 0.1) is 0 Å². The van der Waals surface area contributed by atoms with Gasteiger partial charge in [0.25, 0.3) is 0 Å². The minimum absolute atomic E-state index is 0.743. The Morgan fingerprint density at radius 2 is 1.71 bits per heavy atom. The third-order valence-electron chi connectivity index (χ3n) is 2.29. The maximum atomic E-state index is 3.31. The summed E-state index contributed by atoms with van der Waals surface area (Å²) in [6, 6.07) is 0. The molecule has 14 heavy (non-hydrogen) atoms. The summed E-state index contributed by atoms with van der Waals surface area (Å²) in [6.07, 6.45) is 12.0. The second-order valence-electron chi connectivity index (χ2n) is 4.88. The summed E-state index contributed by atoms with van der Waals surface area (Å²) in [5, 5.41) is 0. The van der Waals surface area contributed by atoms with Gasteiger partial charge in [0.2, 0.25) is 0 Å². The van der Waals surface area contributed by atoms with Crippen LogP contribution in [-0.4, -0.2) is 0 Å². The van der Waals surface area contributed by atoms with Crippen molar-refractivity contribution >= 4 is 0 Å². The molecule has 0 aromatic carbocycles. The van der Waals surface area contributed by atoms with Crippen molar-refractivity contribution < 1.29 is 0 Å². The summed E-state index contributed by atoms with van der Waals surface area (Å²) < 4.78 is 0. The van der Waals surface area contributed by atoms with Crippen molar-refractivity contribution in [1.29, 1.82) is 0 Å². The molecule has 0 aliphatic heterocycles. The first-order valence-corrected chi connectivity index (χ1v) is 5.58. The second-order valence-corrected chi connectivity index (χ2v) is 4.88. The van der Waals surface area contributed by atoms with Crippen LogP contribution in [0.4, 0.5) is 0 Å². The Morgan fingerprint density at radius 1 is 1.14 bits per heavy atom. The highest BCUT2D eigenvalue weighted by Gasteiger charge is 2.09. The van der Waals surface area contributed by atoms with Crippen LogP contribution in [0.5, 0.6) is 0 Å². The number of rotatable bonds is 4. The lowest BCUT2D eigenvalue weighted by molar-refractivity contribution is 0.568. The Morgan fingerprint density at radius 3 is 2.07 bits per heavy atom. The smallest absolute Gasteiger partial charge is 0.0106 e. The summed E-state index contributed by atoms with van der Waals surface area (Å²) in [6.45, 7) is 9.12. The monoisotopic (exact) mass is 189 g/mol. The topological polar surface area (TPSA) is 0 Å². The minimum atomic E-state index is 0.743. The third kappa shape index (κ3) is 3.53. The first-order chi connectivity index (χ1) is 6.59. The lowest BCUT2D eigenvalue weighted by atomic mass is 9.91. The standard InChI is InChI=1S/C14H21/c1-11(2)9-14(10-12(3)4)13-7-5-6-8-13/h5-7,11-12H,9-10H2,1-4H3. The van der Waals surface area contributed by atoms with Gasteiger partial charge in [0.15, 0.2) is 0 Å². The van der Waals surface area contributed by atoms with E-state index < -0.39 is 0 Å². The maximum absolute atomic E-state index is 3.31. The molecule has 0 saturated heterocycles. The van der Waals surface area contributed by atoms with Gasteiger partial charge in [0, 0.05) is 0 Å². The van der Waals surface area contributed by atoms with E-state index in [9.17, 15) is 0 Å². The molecule has 0 fully saturated rings. The van der Waals surface area contributed by atoms with Crippen molar-refractivity contribution in [3.8, 4) is 0 Å². The number of hydrogen-bond donors (Lipinski definition) is 0. The summed E-state index contributed by atoms with van der Waals surface area (Å²) in [5.41, 5.74) is 2.90. The molecule has 0 aromatic rings. The van der Waals surface area contributed by atoms with E-state index in [-0.39, 0.29) is 0 Å². The SMILES string of the molecule is CC(C)CC(CC(C)C)=C1[C]=CC=C1. The average molecular weight is 189 g/mol. The molecule has 1 radical (unpaired) electrons. The van der Waals surface area contributed by atoms with Crippen LogP contribution in [0.15, 0.2) is 29.4 Å². The highest BCUT2D eigenvalue weighted by molar-refractivity contribution is 5.39. The molecule has 0 saturated carbocycles. The Hall–Kier alpha value is -0.780. The van der Waals surface area contributed by atoms with Crippen LogP contribution in [-0.2, 0) is 0 Å². The van der Waals surface area contributed by atoms with Crippen molar-refractivity contribution in [3.05, 3.63) is 35.5 Å². The normalized spacial score (nSPS) is 14.9. The van der Waals surface area contributed by atoms with Gasteiger partial charge in [-0.25, -0.2) is 0 Å². The lowest BCUT2D eigenvalue weighted by Crippen LogP contribution is -1.99. The first-order valence-electron chi connectivity index (χ1n) is 5.58. The van der Waals surface area contributed by atoms with Crippen LogP contribution in [0.25, 0.3) is 0 Å². The summed E-state index contributed by atoms with van der Waals surface area (Å²) in [4.78, 5) is 0. The molecule has 77 valence electrons. The molecule has 1 aliphatic carbocycles. The quantitative estimate of drug-likeness (QED) is 0.618. The summed E-state index contributed by atoms with van der Waals surface area (Å²) >= 11 is 0. The van der Waals surface area contributed by atoms with Gasteiger partial charge in [-0.05, 0) is 36.3 Å². The molecule has 1 rings (SSSR count). The van der Waals surface area contributed by atoms with E-state index >= 15 is 0 Å². The molecule has 0 unspecified atom stereocenters. The molecule has 0 N–H and O–H groups in total. The first kappa shape index (κ1) is 11.3. The molecule has 0 nitrogen and oxygen atoms in total. The van der Waals surface area contributed by atoms with Crippen molar-refractivity contribution in [3.63, 3.8) is 0 Å². The van der Waals surface area contributed by atoms with E-state index in [1.807, 2.05) is 6.08 Å². The molecule has 0 heterocycles. The minimum Gasteiger partial charge on any atom is -0.0625 e. The zero-order valence-electron chi connectivity index (χ0n) is 9.80. The van der Waals surface area contributed by atoms with Crippen molar-refractivity contribution in [1.82, 2.24) is 0 Å². The van der Waals surface area contributed by atoms with Crippen LogP contribution >= 0.6 is 0 Å². The zero-order chi connectivity index (χ0) is 10.6. The van der Waals surface area contributed by atoms with Gasteiger partial charge in [0.1, 0.15) is 0 Å². The van der Waals surface area contributed by atoms with Gasteiger partial charge in [-0.3, -0.25) is 0 Å². The van der Waals surface area contributed by atoms with E-state index in [0.29, 0.717) is 0 Å². The van der Waals surface area contributed by atoms with Gasteiger partial charge in [-0.2, -0.15) is 0 Å².